The molecule has 5 heteroatoms. The minimum absolute atomic E-state index is 0.177. The van der Waals surface area contributed by atoms with Crippen LogP contribution >= 0.6 is 12.6 Å². The van der Waals surface area contributed by atoms with Crippen LogP contribution in [-0.4, -0.2) is 5.75 Å². The molecule has 0 aliphatic carbocycles. The van der Waals surface area contributed by atoms with Crippen LogP contribution in [0.25, 0.3) is 6.08 Å². The van der Waals surface area contributed by atoms with Crippen LogP contribution in [0, 0.1) is 5.82 Å². The summed E-state index contributed by atoms with van der Waals surface area (Å²) in [5.41, 5.74) is -0.808. The molecule has 0 bridgehead atoms. The molecule has 0 aliphatic heterocycles. The Balaban J connectivity index is 3.11. The lowest BCUT2D eigenvalue weighted by atomic mass is 10.1. The van der Waals surface area contributed by atoms with Crippen molar-refractivity contribution in [3.8, 4) is 0 Å². The lowest BCUT2D eigenvalue weighted by Gasteiger charge is -2.07. The maximum absolute atomic E-state index is 12.8. The highest BCUT2D eigenvalue weighted by Crippen LogP contribution is 2.30. The molecule has 0 amide bonds. The third-order valence-electron chi connectivity index (χ3n) is 1.66. The van der Waals surface area contributed by atoms with Crippen LogP contribution < -0.4 is 0 Å². The van der Waals surface area contributed by atoms with Crippen molar-refractivity contribution in [1.29, 1.82) is 0 Å². The zero-order valence-corrected chi connectivity index (χ0v) is 8.45. The number of thiol groups is 1. The normalized spacial score (nSPS) is 12.3. The molecule has 82 valence electrons. The molecule has 0 unspecified atom stereocenters. The number of halogens is 4. The Hall–Kier alpha value is -0.970. The van der Waals surface area contributed by atoms with Crippen molar-refractivity contribution in [2.45, 2.75) is 6.18 Å². The minimum atomic E-state index is -4.52. The molecule has 0 spiro atoms. The van der Waals surface area contributed by atoms with E-state index in [0.717, 1.165) is 12.1 Å². The molecule has 0 nitrogen and oxygen atoms in total. The van der Waals surface area contributed by atoms with Gasteiger partial charge in [0.25, 0.3) is 0 Å². The Bertz CT molecular complexity index is 368. The minimum Gasteiger partial charge on any atom is -0.207 e. The number of hydrogen-bond acceptors (Lipinski definition) is 1. The predicted molar refractivity (Wildman–Crippen MR) is 54.3 cm³/mol. The molecular formula is C10H8F4S. The fourth-order valence-electron chi connectivity index (χ4n) is 1.06. The van der Waals surface area contributed by atoms with Crippen molar-refractivity contribution < 1.29 is 17.6 Å². The molecular weight excluding hydrogens is 228 g/mol. The van der Waals surface area contributed by atoms with E-state index in [4.69, 9.17) is 0 Å². The van der Waals surface area contributed by atoms with Crippen LogP contribution in [0.2, 0.25) is 0 Å². The molecule has 0 heterocycles. The van der Waals surface area contributed by atoms with E-state index in [1.165, 1.54) is 12.2 Å². The number of alkyl halides is 3. The second-order valence-electron chi connectivity index (χ2n) is 2.86. The topological polar surface area (TPSA) is 0 Å². The third-order valence-corrected chi connectivity index (χ3v) is 1.87. The van der Waals surface area contributed by atoms with E-state index >= 15 is 0 Å². The lowest BCUT2D eigenvalue weighted by Crippen LogP contribution is -2.05. The van der Waals surface area contributed by atoms with Crippen LogP contribution in [0.15, 0.2) is 24.3 Å². The first-order chi connectivity index (χ1) is 6.93. The van der Waals surface area contributed by atoms with Gasteiger partial charge in [0, 0.05) is 5.75 Å². The van der Waals surface area contributed by atoms with Crippen molar-refractivity contribution in [3.63, 3.8) is 0 Å². The van der Waals surface area contributed by atoms with E-state index in [1.54, 1.807) is 0 Å². The average molecular weight is 236 g/mol. The van der Waals surface area contributed by atoms with E-state index in [9.17, 15) is 17.6 Å². The monoisotopic (exact) mass is 236 g/mol. The first-order valence-electron chi connectivity index (χ1n) is 4.08. The van der Waals surface area contributed by atoms with Gasteiger partial charge in [0.2, 0.25) is 0 Å². The SMILES string of the molecule is Fc1cc(C=CCS)cc(C(F)(F)F)c1. The van der Waals surface area contributed by atoms with Crippen LogP contribution in [0.3, 0.4) is 0 Å². The first kappa shape index (κ1) is 12.1. The van der Waals surface area contributed by atoms with Gasteiger partial charge in [0.15, 0.2) is 0 Å². The maximum Gasteiger partial charge on any atom is 0.416 e. The maximum atomic E-state index is 12.8. The first-order valence-corrected chi connectivity index (χ1v) is 4.72. The molecule has 0 saturated carbocycles. The zero-order chi connectivity index (χ0) is 11.5. The highest BCUT2D eigenvalue weighted by Gasteiger charge is 2.31. The second-order valence-corrected chi connectivity index (χ2v) is 3.22. The molecule has 0 radical (unpaired) electrons. The second kappa shape index (κ2) is 4.70. The Labute approximate surface area is 90.0 Å². The Morgan fingerprint density at radius 3 is 2.40 bits per heavy atom. The summed E-state index contributed by atoms with van der Waals surface area (Å²) in [6.45, 7) is 0. The van der Waals surface area contributed by atoms with Gasteiger partial charge in [-0.1, -0.05) is 12.2 Å². The molecule has 0 saturated heterocycles. The van der Waals surface area contributed by atoms with Gasteiger partial charge in [-0.15, -0.1) is 0 Å². The van der Waals surface area contributed by atoms with Crippen LogP contribution in [0.1, 0.15) is 11.1 Å². The largest absolute Gasteiger partial charge is 0.416 e. The average Bonchev–Trinajstić information content (AvgIpc) is 2.12. The van der Waals surface area contributed by atoms with Gasteiger partial charge in [-0.2, -0.15) is 25.8 Å². The third kappa shape index (κ3) is 3.58. The fourth-order valence-corrected chi connectivity index (χ4v) is 1.17. The van der Waals surface area contributed by atoms with Gasteiger partial charge in [0.1, 0.15) is 5.82 Å². The number of benzene rings is 1. The molecule has 1 aromatic rings. The van der Waals surface area contributed by atoms with E-state index in [1.807, 2.05) is 0 Å². The molecule has 0 aromatic heterocycles. The van der Waals surface area contributed by atoms with Crippen LogP contribution in [0.5, 0.6) is 0 Å². The quantitative estimate of drug-likeness (QED) is 0.586. The predicted octanol–water partition coefficient (Wildman–Crippen LogP) is 3.79. The van der Waals surface area contributed by atoms with Crippen molar-refractivity contribution >= 4 is 18.7 Å². The van der Waals surface area contributed by atoms with Crippen LogP contribution in [0.4, 0.5) is 17.6 Å². The molecule has 0 atom stereocenters. The summed E-state index contributed by atoms with van der Waals surface area (Å²) in [6, 6.07) is 2.40. The molecule has 1 aromatic carbocycles. The van der Waals surface area contributed by atoms with E-state index in [0.29, 0.717) is 11.8 Å². The molecule has 0 fully saturated rings. The Morgan fingerprint density at radius 1 is 1.20 bits per heavy atom. The Morgan fingerprint density at radius 2 is 1.87 bits per heavy atom. The molecule has 0 aliphatic rings. The summed E-state index contributed by atoms with van der Waals surface area (Å²) < 4.78 is 49.6. The summed E-state index contributed by atoms with van der Waals surface area (Å²) in [4.78, 5) is 0. The van der Waals surface area contributed by atoms with Crippen LogP contribution in [-0.2, 0) is 6.18 Å². The highest BCUT2D eigenvalue weighted by molar-refractivity contribution is 7.80. The lowest BCUT2D eigenvalue weighted by molar-refractivity contribution is -0.137. The molecule has 0 N–H and O–H groups in total. The fraction of sp³-hybridized carbons (Fsp3) is 0.200. The van der Waals surface area contributed by atoms with Crippen molar-refractivity contribution in [2.24, 2.45) is 0 Å². The summed E-state index contributed by atoms with van der Waals surface area (Å²) >= 11 is 3.86. The van der Waals surface area contributed by atoms with Crippen molar-refractivity contribution in [1.82, 2.24) is 0 Å². The smallest absolute Gasteiger partial charge is 0.207 e. The molecule has 15 heavy (non-hydrogen) atoms. The van der Waals surface area contributed by atoms with Gasteiger partial charge < -0.3 is 0 Å². The summed E-state index contributed by atoms with van der Waals surface area (Å²) in [7, 11) is 0. The van der Waals surface area contributed by atoms with Crippen molar-refractivity contribution in [2.75, 3.05) is 5.75 Å². The van der Waals surface area contributed by atoms with E-state index in [2.05, 4.69) is 12.6 Å². The highest BCUT2D eigenvalue weighted by atomic mass is 32.1. The summed E-state index contributed by atoms with van der Waals surface area (Å²) in [6.07, 6.45) is -1.59. The van der Waals surface area contributed by atoms with E-state index < -0.39 is 17.6 Å². The zero-order valence-electron chi connectivity index (χ0n) is 7.55. The Kier molecular flexibility index (Phi) is 3.79. The summed E-state index contributed by atoms with van der Waals surface area (Å²) in [5, 5.41) is 0. The number of rotatable bonds is 2. The van der Waals surface area contributed by atoms with Crippen molar-refractivity contribution in [3.05, 3.63) is 41.2 Å². The summed E-state index contributed by atoms with van der Waals surface area (Å²) in [5.74, 6) is -0.513. The van der Waals surface area contributed by atoms with Gasteiger partial charge in [-0.25, -0.2) is 4.39 Å². The molecule has 1 rings (SSSR count). The van der Waals surface area contributed by atoms with Gasteiger partial charge in [0.05, 0.1) is 5.56 Å². The van der Waals surface area contributed by atoms with Gasteiger partial charge >= 0.3 is 6.18 Å². The number of hydrogen-bond donors (Lipinski definition) is 1. The van der Waals surface area contributed by atoms with Gasteiger partial charge in [-0.05, 0) is 23.8 Å². The van der Waals surface area contributed by atoms with Gasteiger partial charge in [-0.3, -0.25) is 0 Å². The standard InChI is InChI=1S/C10H8F4S/c11-9-5-7(2-1-3-15)4-8(6-9)10(12,13)14/h1-2,4-6,15H,3H2. The van der Waals surface area contributed by atoms with E-state index in [-0.39, 0.29) is 5.56 Å².